The Bertz CT molecular complexity index is 1000. The summed E-state index contributed by atoms with van der Waals surface area (Å²) in [6.45, 7) is 0.967. The van der Waals surface area contributed by atoms with Gasteiger partial charge in [-0.25, -0.2) is 18.2 Å². The minimum Gasteiger partial charge on any atom is -0.381 e. The van der Waals surface area contributed by atoms with Gasteiger partial charge < -0.3 is 4.74 Å². The number of halogens is 1. The van der Waals surface area contributed by atoms with Crippen molar-refractivity contribution in [1.82, 2.24) is 14.8 Å². The zero-order valence-electron chi connectivity index (χ0n) is 17.6. The molecule has 8 nitrogen and oxygen atoms in total. The molecule has 3 heterocycles. The lowest BCUT2D eigenvalue weighted by molar-refractivity contribution is -0.134. The fraction of sp³-hybridized carbons (Fsp3) is 0.455. The number of nitrogens with one attached hydrogen (secondary N) is 1. The van der Waals surface area contributed by atoms with Crippen LogP contribution in [0.3, 0.4) is 0 Å². The van der Waals surface area contributed by atoms with Gasteiger partial charge in [0.2, 0.25) is 10.0 Å². The summed E-state index contributed by atoms with van der Waals surface area (Å²) in [5.74, 6) is -0.718. The van der Waals surface area contributed by atoms with Crippen LogP contribution in [0.15, 0.2) is 48.7 Å². The molecule has 0 unspecified atom stereocenters. The van der Waals surface area contributed by atoms with Gasteiger partial charge in [-0.05, 0) is 24.5 Å². The van der Waals surface area contributed by atoms with E-state index in [0.717, 1.165) is 16.8 Å². The molecular formula is C22H28ClN3O5S. The van der Waals surface area contributed by atoms with Gasteiger partial charge in [-0.1, -0.05) is 36.4 Å². The molecule has 2 aliphatic rings. The number of rotatable bonds is 5. The molecule has 174 valence electrons. The molecule has 2 aromatic rings. The third kappa shape index (κ3) is 4.53. The van der Waals surface area contributed by atoms with Crippen LogP contribution in [-0.2, 0) is 19.6 Å². The van der Waals surface area contributed by atoms with Gasteiger partial charge in [0.25, 0.3) is 5.91 Å². The summed E-state index contributed by atoms with van der Waals surface area (Å²) in [5.41, 5.74) is 4.66. The summed E-state index contributed by atoms with van der Waals surface area (Å²) in [6, 6.07) is 14.1. The molecule has 2 saturated heterocycles. The molecule has 1 aromatic carbocycles. The highest BCUT2D eigenvalue weighted by atomic mass is 35.5. The highest BCUT2D eigenvalue weighted by Gasteiger charge is 2.54. The van der Waals surface area contributed by atoms with Gasteiger partial charge >= 0.3 is 0 Å². The Hall–Kier alpha value is -2.04. The summed E-state index contributed by atoms with van der Waals surface area (Å²) in [7, 11) is -3.95. The molecule has 2 aliphatic heterocycles. The first kappa shape index (κ1) is 24.6. The van der Waals surface area contributed by atoms with Gasteiger partial charge in [-0.15, -0.1) is 12.4 Å². The zero-order valence-corrected chi connectivity index (χ0v) is 19.3. The molecule has 4 rings (SSSR count). The lowest BCUT2D eigenvalue weighted by Crippen LogP contribution is -2.60. The van der Waals surface area contributed by atoms with Gasteiger partial charge in [-0.3, -0.25) is 15.0 Å². The molecule has 1 aromatic heterocycles. The van der Waals surface area contributed by atoms with Gasteiger partial charge in [-0.2, -0.15) is 0 Å². The largest absolute Gasteiger partial charge is 0.381 e. The average Bonchev–Trinajstić information content (AvgIpc) is 2.84. The number of piperidine rings is 1. The van der Waals surface area contributed by atoms with Crippen LogP contribution in [0.4, 0.5) is 0 Å². The van der Waals surface area contributed by atoms with Crippen LogP contribution < -0.4 is 5.48 Å². The molecule has 1 amide bonds. The Morgan fingerprint density at radius 2 is 1.72 bits per heavy atom. The number of hydroxylamine groups is 1. The van der Waals surface area contributed by atoms with E-state index in [4.69, 9.17) is 4.74 Å². The van der Waals surface area contributed by atoms with Crippen LogP contribution in [0.2, 0.25) is 0 Å². The number of pyridine rings is 1. The Labute approximate surface area is 194 Å². The molecule has 0 atom stereocenters. The first-order valence-electron chi connectivity index (χ1n) is 10.5. The van der Waals surface area contributed by atoms with Crippen LogP contribution in [-0.4, -0.2) is 59.9 Å². The van der Waals surface area contributed by atoms with E-state index in [9.17, 15) is 18.4 Å². The van der Waals surface area contributed by atoms with Crippen molar-refractivity contribution in [3.05, 3.63) is 54.4 Å². The summed E-state index contributed by atoms with van der Waals surface area (Å²) in [4.78, 5) is 17.0. The van der Waals surface area contributed by atoms with Crippen LogP contribution >= 0.6 is 12.4 Å². The molecule has 0 saturated carbocycles. The zero-order chi connectivity index (χ0) is 21.9. The molecule has 0 aliphatic carbocycles. The van der Waals surface area contributed by atoms with Crippen molar-refractivity contribution in [1.29, 1.82) is 0 Å². The predicted molar refractivity (Wildman–Crippen MR) is 122 cm³/mol. The van der Waals surface area contributed by atoms with Crippen LogP contribution in [0, 0.1) is 0 Å². The highest BCUT2D eigenvalue weighted by Crippen LogP contribution is 2.36. The topological polar surface area (TPSA) is 109 Å². The maximum absolute atomic E-state index is 13.4. The van der Waals surface area contributed by atoms with Crippen molar-refractivity contribution in [3.63, 3.8) is 0 Å². The number of hydrogen-bond acceptors (Lipinski definition) is 6. The number of hydrogen-bond donors (Lipinski definition) is 2. The van der Waals surface area contributed by atoms with E-state index in [0.29, 0.717) is 25.9 Å². The van der Waals surface area contributed by atoms with E-state index in [2.05, 4.69) is 4.98 Å². The monoisotopic (exact) mass is 481 g/mol. The fourth-order valence-corrected chi connectivity index (χ4v) is 6.64. The maximum Gasteiger partial charge on any atom is 0.266 e. The van der Waals surface area contributed by atoms with Crippen molar-refractivity contribution in [3.8, 4) is 11.1 Å². The number of benzene rings is 1. The number of sulfonamides is 1. The van der Waals surface area contributed by atoms with Crippen molar-refractivity contribution >= 4 is 28.3 Å². The molecular weight excluding hydrogens is 454 g/mol. The van der Waals surface area contributed by atoms with Gasteiger partial charge in [0.1, 0.15) is 0 Å². The highest BCUT2D eigenvalue weighted by molar-refractivity contribution is 7.91. The van der Waals surface area contributed by atoms with E-state index < -0.39 is 20.7 Å². The Morgan fingerprint density at radius 1 is 1.06 bits per heavy atom. The molecule has 0 spiro atoms. The van der Waals surface area contributed by atoms with Crippen LogP contribution in [0.25, 0.3) is 11.1 Å². The quantitative estimate of drug-likeness (QED) is 0.502. The minimum atomic E-state index is -3.95. The predicted octanol–water partition coefficient (Wildman–Crippen LogP) is 2.73. The van der Waals surface area contributed by atoms with E-state index in [1.54, 1.807) is 5.48 Å². The van der Waals surface area contributed by atoms with E-state index in [-0.39, 0.29) is 44.4 Å². The second-order valence-electron chi connectivity index (χ2n) is 8.06. The summed E-state index contributed by atoms with van der Waals surface area (Å²) in [5, 5.41) is 9.18. The number of aromatic nitrogens is 1. The Morgan fingerprint density at radius 3 is 2.28 bits per heavy atom. The first-order chi connectivity index (χ1) is 15.0. The lowest BCUT2D eigenvalue weighted by atomic mass is 9.93. The Kier molecular flexibility index (Phi) is 7.89. The third-order valence-electron chi connectivity index (χ3n) is 6.42. The Balaban J connectivity index is 0.00000289. The van der Waals surface area contributed by atoms with E-state index in [1.807, 2.05) is 48.7 Å². The number of amides is 1. The second-order valence-corrected chi connectivity index (χ2v) is 10.3. The summed E-state index contributed by atoms with van der Waals surface area (Å²) >= 11 is 0. The van der Waals surface area contributed by atoms with E-state index in [1.165, 1.54) is 4.31 Å². The maximum atomic E-state index is 13.4. The fourth-order valence-electron chi connectivity index (χ4n) is 4.49. The van der Waals surface area contributed by atoms with Crippen molar-refractivity contribution < 1.29 is 23.2 Å². The molecule has 0 radical (unpaired) electrons. The third-order valence-corrected chi connectivity index (χ3v) is 9.04. The molecule has 10 heteroatoms. The number of carbonyl (C=O) groups is 1. The number of ether oxygens (including phenoxy) is 1. The molecule has 32 heavy (non-hydrogen) atoms. The number of nitrogens with zero attached hydrogens (tertiary/aromatic N) is 2. The SMILES string of the molecule is Cl.O=C(NO)C1(S(=O)(=O)N2CCC(c3ccc(-c4ccccc4)cn3)CC2)CCOCC1. The standard InChI is InChI=1S/C22H27N3O5S.ClH/c26-21(24-27)22(10-14-30-15-11-22)31(28,29)25-12-8-18(9-13-25)20-7-6-19(16-23-20)17-4-2-1-3-5-17;/h1-7,16,18,27H,8-15H2,(H,24,26);1H. The minimum absolute atomic E-state index is 0. The normalized spacial score (nSPS) is 19.7. The molecule has 2 fully saturated rings. The number of carbonyl (C=O) groups excluding carboxylic acids is 1. The molecule has 0 bridgehead atoms. The van der Waals surface area contributed by atoms with Crippen molar-refractivity contribution in [2.45, 2.75) is 36.3 Å². The van der Waals surface area contributed by atoms with Crippen LogP contribution in [0.5, 0.6) is 0 Å². The van der Waals surface area contributed by atoms with Gasteiger partial charge in [0, 0.05) is 62.5 Å². The van der Waals surface area contributed by atoms with Crippen molar-refractivity contribution in [2.24, 2.45) is 0 Å². The lowest BCUT2D eigenvalue weighted by Gasteiger charge is -2.40. The average molecular weight is 482 g/mol. The summed E-state index contributed by atoms with van der Waals surface area (Å²) in [6.07, 6.45) is 3.18. The summed E-state index contributed by atoms with van der Waals surface area (Å²) < 4.78 is 31.8. The van der Waals surface area contributed by atoms with Crippen LogP contribution in [0.1, 0.15) is 37.3 Å². The molecule has 2 N–H and O–H groups in total. The first-order valence-corrected chi connectivity index (χ1v) is 12.0. The van der Waals surface area contributed by atoms with Gasteiger partial charge in [0.05, 0.1) is 0 Å². The van der Waals surface area contributed by atoms with E-state index >= 15 is 0 Å². The second kappa shape index (κ2) is 10.3. The smallest absolute Gasteiger partial charge is 0.266 e. The van der Waals surface area contributed by atoms with Crippen molar-refractivity contribution in [2.75, 3.05) is 26.3 Å². The van der Waals surface area contributed by atoms with Gasteiger partial charge in [0.15, 0.2) is 4.75 Å².